The Bertz CT molecular complexity index is 766. The number of carbonyl (C=O) groups excluding carboxylic acids is 1. The Balaban J connectivity index is 2.34. The van der Waals surface area contributed by atoms with E-state index in [0.29, 0.717) is 22.6 Å². The first-order valence-electron chi connectivity index (χ1n) is 6.40. The molecule has 3 N–H and O–H groups in total. The molecule has 1 heterocycles. The van der Waals surface area contributed by atoms with E-state index >= 15 is 0 Å². The number of aromatic nitrogens is 1. The Labute approximate surface area is 130 Å². The number of nitrogens with one attached hydrogen (secondary N) is 2. The number of hydroxylamine groups is 1. The summed E-state index contributed by atoms with van der Waals surface area (Å²) in [7, 11) is 0. The van der Waals surface area contributed by atoms with Gasteiger partial charge in [0.15, 0.2) is 0 Å². The summed E-state index contributed by atoms with van der Waals surface area (Å²) in [5.74, 6) is -0.709. The van der Waals surface area contributed by atoms with E-state index in [1.54, 1.807) is 0 Å². The van der Waals surface area contributed by atoms with Gasteiger partial charge in [0.05, 0.1) is 16.3 Å². The van der Waals surface area contributed by atoms with Crippen LogP contribution in [-0.4, -0.2) is 21.9 Å². The average molecular weight is 315 g/mol. The molecule has 0 aliphatic heterocycles. The molecule has 1 aromatic heterocycles. The van der Waals surface area contributed by atoms with Gasteiger partial charge in [0.1, 0.15) is 6.07 Å². The Morgan fingerprint density at radius 3 is 2.73 bits per heavy atom. The molecule has 112 valence electrons. The number of carbonyl (C=O) groups is 1. The predicted molar refractivity (Wildman–Crippen MR) is 81.7 cm³/mol. The minimum Gasteiger partial charge on any atom is -0.316 e. The number of nitriles is 1. The number of aromatic amines is 1. The zero-order valence-corrected chi connectivity index (χ0v) is 12.3. The van der Waals surface area contributed by atoms with Crippen LogP contribution in [0.1, 0.15) is 16.7 Å². The number of nitrogens with zero attached hydrogens (tertiary/aromatic N) is 1. The predicted octanol–water partition coefficient (Wildman–Crippen LogP) is 1.43. The van der Waals surface area contributed by atoms with Gasteiger partial charge < -0.3 is 4.98 Å². The zero-order valence-electron chi connectivity index (χ0n) is 11.5. The average Bonchev–Trinajstić information content (AvgIpc) is 2.53. The topological polar surface area (TPSA) is 106 Å². The third-order valence-corrected chi connectivity index (χ3v) is 3.91. The maximum absolute atomic E-state index is 11.8. The number of rotatable bonds is 5. The number of hydrogen-bond acceptors (Lipinski definition) is 5. The zero-order chi connectivity index (χ0) is 15.9. The summed E-state index contributed by atoms with van der Waals surface area (Å²) < 4.78 is 0. The monoisotopic (exact) mass is 315 g/mol. The number of benzene rings is 1. The van der Waals surface area contributed by atoms with Crippen LogP contribution in [0.15, 0.2) is 46.2 Å². The summed E-state index contributed by atoms with van der Waals surface area (Å²) in [4.78, 5) is 25.4. The molecule has 0 spiro atoms. The van der Waals surface area contributed by atoms with Crippen molar-refractivity contribution in [1.82, 2.24) is 10.5 Å². The van der Waals surface area contributed by atoms with E-state index in [4.69, 9.17) is 5.21 Å². The van der Waals surface area contributed by atoms with E-state index in [9.17, 15) is 14.9 Å². The standard InChI is InChI=1S/C15H13N3O3S/c16-8-12-11(6-10-4-2-1-3-5-10)7-13(19)17-15(12)22-9-14(20)18-21/h1-5,7,21H,6,9H2,(H,17,19)(H,18,20). The Kier molecular flexibility index (Phi) is 5.36. The summed E-state index contributed by atoms with van der Waals surface area (Å²) in [6.45, 7) is 0. The Morgan fingerprint density at radius 2 is 2.09 bits per heavy atom. The maximum Gasteiger partial charge on any atom is 0.253 e. The second kappa shape index (κ2) is 7.45. The van der Waals surface area contributed by atoms with Crippen LogP contribution >= 0.6 is 11.8 Å². The van der Waals surface area contributed by atoms with E-state index in [-0.39, 0.29) is 11.3 Å². The molecule has 0 radical (unpaired) electrons. The van der Waals surface area contributed by atoms with Crippen LogP contribution in [0.2, 0.25) is 0 Å². The highest BCUT2D eigenvalue weighted by Crippen LogP contribution is 2.22. The van der Waals surface area contributed by atoms with Gasteiger partial charge >= 0.3 is 0 Å². The minimum atomic E-state index is -0.608. The van der Waals surface area contributed by atoms with Crippen LogP contribution in [0.3, 0.4) is 0 Å². The van der Waals surface area contributed by atoms with E-state index in [1.807, 2.05) is 30.3 Å². The fourth-order valence-electron chi connectivity index (χ4n) is 1.94. The highest BCUT2D eigenvalue weighted by Gasteiger charge is 2.13. The van der Waals surface area contributed by atoms with Crippen molar-refractivity contribution < 1.29 is 10.0 Å². The van der Waals surface area contributed by atoms with E-state index < -0.39 is 5.91 Å². The fourth-order valence-corrected chi connectivity index (χ4v) is 2.78. The van der Waals surface area contributed by atoms with Crippen LogP contribution < -0.4 is 11.0 Å². The van der Waals surface area contributed by atoms with Gasteiger partial charge in [-0.25, -0.2) is 5.48 Å². The van der Waals surface area contributed by atoms with Gasteiger partial charge in [-0.3, -0.25) is 14.8 Å². The smallest absolute Gasteiger partial charge is 0.253 e. The van der Waals surface area contributed by atoms with Crippen LogP contribution in [0.5, 0.6) is 0 Å². The molecule has 2 rings (SSSR count). The van der Waals surface area contributed by atoms with E-state index in [1.165, 1.54) is 11.5 Å². The molecule has 0 unspecified atom stereocenters. The second-order valence-corrected chi connectivity index (χ2v) is 5.45. The highest BCUT2D eigenvalue weighted by atomic mass is 32.2. The SMILES string of the molecule is N#Cc1c(Cc2ccccc2)cc(=O)[nH]c1SCC(=O)NO. The number of hydrogen-bond donors (Lipinski definition) is 3. The van der Waals surface area contributed by atoms with Crippen molar-refractivity contribution in [2.24, 2.45) is 0 Å². The van der Waals surface area contributed by atoms with E-state index in [2.05, 4.69) is 11.1 Å². The first-order chi connectivity index (χ1) is 10.6. The van der Waals surface area contributed by atoms with Gasteiger partial charge in [-0.15, -0.1) is 0 Å². The molecule has 6 nitrogen and oxygen atoms in total. The molecule has 0 aliphatic carbocycles. The number of thioether (sulfide) groups is 1. The molecule has 1 aromatic carbocycles. The third-order valence-electron chi connectivity index (χ3n) is 2.91. The summed E-state index contributed by atoms with van der Waals surface area (Å²) in [5, 5.41) is 18.2. The molecule has 2 aromatic rings. The highest BCUT2D eigenvalue weighted by molar-refractivity contribution is 8.00. The first-order valence-corrected chi connectivity index (χ1v) is 7.38. The van der Waals surface area contributed by atoms with Crippen molar-refractivity contribution in [3.8, 4) is 6.07 Å². The largest absolute Gasteiger partial charge is 0.316 e. The molecular weight excluding hydrogens is 302 g/mol. The van der Waals surface area contributed by atoms with Crippen LogP contribution in [-0.2, 0) is 11.2 Å². The summed E-state index contributed by atoms with van der Waals surface area (Å²) in [6.07, 6.45) is 0.452. The lowest BCUT2D eigenvalue weighted by atomic mass is 10.0. The lowest BCUT2D eigenvalue weighted by Gasteiger charge is -2.08. The third kappa shape index (κ3) is 3.97. The molecule has 0 atom stereocenters. The first kappa shape index (κ1) is 15.8. The molecule has 0 saturated carbocycles. The van der Waals surface area contributed by atoms with E-state index in [0.717, 1.165) is 17.3 Å². The molecule has 7 heteroatoms. The van der Waals surface area contributed by atoms with Gasteiger partial charge in [-0.1, -0.05) is 42.1 Å². The number of H-pyrrole nitrogens is 1. The van der Waals surface area contributed by atoms with Crippen molar-refractivity contribution in [1.29, 1.82) is 5.26 Å². The van der Waals surface area contributed by atoms with Crippen molar-refractivity contribution >= 4 is 17.7 Å². The second-order valence-electron chi connectivity index (χ2n) is 4.46. The minimum absolute atomic E-state index is 0.101. The molecule has 0 bridgehead atoms. The molecule has 1 amide bonds. The van der Waals surface area contributed by atoms with Gasteiger partial charge in [0, 0.05) is 6.07 Å². The Morgan fingerprint density at radius 1 is 1.36 bits per heavy atom. The Hall–Kier alpha value is -2.56. The van der Waals surface area contributed by atoms with Gasteiger partial charge in [0.2, 0.25) is 5.56 Å². The van der Waals surface area contributed by atoms with Crippen LogP contribution in [0.25, 0.3) is 0 Å². The molecule has 0 saturated heterocycles. The van der Waals surface area contributed by atoms with Crippen molar-refractivity contribution in [2.45, 2.75) is 11.4 Å². The quantitative estimate of drug-likeness (QED) is 0.440. The van der Waals surface area contributed by atoms with Gasteiger partial charge in [-0.2, -0.15) is 5.26 Å². The van der Waals surface area contributed by atoms with Crippen LogP contribution in [0, 0.1) is 11.3 Å². The van der Waals surface area contributed by atoms with Crippen molar-refractivity contribution in [2.75, 3.05) is 5.75 Å². The summed E-state index contributed by atoms with van der Waals surface area (Å²) in [6, 6.07) is 12.9. The van der Waals surface area contributed by atoms with Crippen molar-refractivity contribution in [3.63, 3.8) is 0 Å². The molecule has 0 fully saturated rings. The van der Waals surface area contributed by atoms with Crippen LogP contribution in [0.4, 0.5) is 0 Å². The molecule has 0 aliphatic rings. The van der Waals surface area contributed by atoms with Gasteiger partial charge in [-0.05, 0) is 17.5 Å². The lowest BCUT2D eigenvalue weighted by molar-refractivity contribution is -0.126. The lowest BCUT2D eigenvalue weighted by Crippen LogP contribution is -2.21. The van der Waals surface area contributed by atoms with Gasteiger partial charge in [0.25, 0.3) is 5.91 Å². The fraction of sp³-hybridized carbons (Fsp3) is 0.133. The number of pyridine rings is 1. The maximum atomic E-state index is 11.8. The molecular formula is C15H13N3O3S. The summed E-state index contributed by atoms with van der Waals surface area (Å²) >= 11 is 0.993. The number of amides is 1. The summed E-state index contributed by atoms with van der Waals surface area (Å²) in [5.41, 5.74) is 3.08. The molecule has 22 heavy (non-hydrogen) atoms. The normalized spacial score (nSPS) is 10.0. The van der Waals surface area contributed by atoms with Crippen molar-refractivity contribution in [3.05, 3.63) is 63.4 Å².